The predicted octanol–water partition coefficient (Wildman–Crippen LogP) is 2.56. The number of hydrogen-bond donors (Lipinski definition) is 1. The van der Waals surface area contributed by atoms with Crippen molar-refractivity contribution < 1.29 is 0 Å². The highest BCUT2D eigenvalue weighted by Gasteiger charge is 2.43. The molecule has 0 bridgehead atoms. The Morgan fingerprint density at radius 1 is 1.07 bits per heavy atom. The molecule has 0 aromatic rings. The summed E-state index contributed by atoms with van der Waals surface area (Å²) in [5.74, 6) is 0. The molecule has 82 valence electrons. The van der Waals surface area contributed by atoms with Gasteiger partial charge in [0.15, 0.2) is 0 Å². The van der Waals surface area contributed by atoms with Gasteiger partial charge in [-0.15, -0.1) is 0 Å². The summed E-state index contributed by atoms with van der Waals surface area (Å²) in [5.41, 5.74) is 3.99. The van der Waals surface area contributed by atoms with E-state index < -0.39 is 0 Å². The lowest BCUT2D eigenvalue weighted by Gasteiger charge is -2.35. The molecule has 1 atom stereocenters. The van der Waals surface area contributed by atoms with Crippen molar-refractivity contribution in [1.29, 1.82) is 0 Å². The number of hydrazine groups is 1. The van der Waals surface area contributed by atoms with Crippen molar-refractivity contribution in [2.45, 2.75) is 57.9 Å². The summed E-state index contributed by atoms with van der Waals surface area (Å²) in [7, 11) is 2.06. The Labute approximate surface area is 88.0 Å². The maximum atomic E-state index is 3.34. The molecule has 2 nitrogen and oxygen atoms in total. The fourth-order valence-electron chi connectivity index (χ4n) is 3.48. The largest absolute Gasteiger partial charge is 0.258 e. The lowest BCUT2D eigenvalue weighted by atomic mass is 9.75. The summed E-state index contributed by atoms with van der Waals surface area (Å²) in [6.45, 7) is 3.66. The molecule has 0 amide bonds. The van der Waals surface area contributed by atoms with Gasteiger partial charge in [-0.05, 0) is 38.6 Å². The molecule has 1 aliphatic heterocycles. The van der Waals surface area contributed by atoms with E-state index >= 15 is 0 Å². The first-order chi connectivity index (χ1) is 6.78. The van der Waals surface area contributed by atoms with Gasteiger partial charge in [0.2, 0.25) is 0 Å². The van der Waals surface area contributed by atoms with Crippen LogP contribution in [0, 0.1) is 5.41 Å². The molecule has 2 heteroatoms. The van der Waals surface area contributed by atoms with Crippen molar-refractivity contribution in [3.8, 4) is 0 Å². The highest BCUT2D eigenvalue weighted by atomic mass is 15.5. The second-order valence-corrected chi connectivity index (χ2v) is 5.12. The van der Waals surface area contributed by atoms with E-state index in [0.717, 1.165) is 6.04 Å². The van der Waals surface area contributed by atoms with Crippen LogP contribution in [0.5, 0.6) is 0 Å². The zero-order chi connectivity index (χ0) is 10.0. The molecule has 1 N–H and O–H groups in total. The van der Waals surface area contributed by atoms with Crippen LogP contribution in [-0.4, -0.2) is 24.6 Å². The summed E-state index contributed by atoms with van der Waals surface area (Å²) < 4.78 is 0. The standard InChI is InChI=1S/C12H24N2/c1-11-12(9-10-14(11)13-2)7-5-3-4-6-8-12/h11,13H,3-10H2,1-2H3. The molecular weight excluding hydrogens is 172 g/mol. The summed E-state index contributed by atoms with van der Waals surface area (Å²) in [4.78, 5) is 0. The van der Waals surface area contributed by atoms with Crippen LogP contribution < -0.4 is 5.43 Å². The number of rotatable bonds is 1. The lowest BCUT2D eigenvalue weighted by Crippen LogP contribution is -2.43. The minimum Gasteiger partial charge on any atom is -0.258 e. The average Bonchev–Trinajstić information content (AvgIpc) is 2.41. The van der Waals surface area contributed by atoms with Crippen molar-refractivity contribution >= 4 is 0 Å². The third-order valence-electron chi connectivity index (χ3n) is 4.59. The lowest BCUT2D eigenvalue weighted by molar-refractivity contribution is 0.116. The van der Waals surface area contributed by atoms with Crippen LogP contribution in [0.1, 0.15) is 51.9 Å². The van der Waals surface area contributed by atoms with Crippen LogP contribution in [0.25, 0.3) is 0 Å². The predicted molar refractivity (Wildman–Crippen MR) is 60.0 cm³/mol. The minimum atomic E-state index is 0.652. The normalized spacial score (nSPS) is 33.4. The maximum Gasteiger partial charge on any atom is 0.0272 e. The molecule has 1 unspecified atom stereocenters. The van der Waals surface area contributed by atoms with Gasteiger partial charge in [-0.3, -0.25) is 5.43 Å². The van der Waals surface area contributed by atoms with E-state index in [1.165, 1.54) is 51.5 Å². The smallest absolute Gasteiger partial charge is 0.0272 e. The Balaban J connectivity index is 2.06. The third-order valence-corrected chi connectivity index (χ3v) is 4.59. The van der Waals surface area contributed by atoms with Gasteiger partial charge in [0, 0.05) is 12.6 Å². The summed E-state index contributed by atoms with van der Waals surface area (Å²) >= 11 is 0. The molecule has 0 radical (unpaired) electrons. The number of nitrogens with zero attached hydrogens (tertiary/aromatic N) is 1. The molecule has 1 saturated heterocycles. The van der Waals surface area contributed by atoms with Gasteiger partial charge in [-0.2, -0.15) is 0 Å². The first kappa shape index (κ1) is 10.4. The molecule has 1 spiro atoms. The molecule has 2 rings (SSSR count). The second-order valence-electron chi connectivity index (χ2n) is 5.12. The Morgan fingerprint density at radius 3 is 2.21 bits per heavy atom. The monoisotopic (exact) mass is 196 g/mol. The summed E-state index contributed by atoms with van der Waals surface area (Å²) in [5, 5.41) is 2.44. The van der Waals surface area contributed by atoms with E-state index in [0.29, 0.717) is 5.41 Å². The van der Waals surface area contributed by atoms with E-state index in [9.17, 15) is 0 Å². The fraction of sp³-hybridized carbons (Fsp3) is 1.00. The van der Waals surface area contributed by atoms with Gasteiger partial charge in [0.1, 0.15) is 0 Å². The molecule has 2 fully saturated rings. The molecule has 14 heavy (non-hydrogen) atoms. The zero-order valence-electron chi connectivity index (χ0n) is 9.68. The number of nitrogens with one attached hydrogen (secondary N) is 1. The molecule has 1 saturated carbocycles. The Kier molecular flexibility index (Phi) is 3.13. The molecule has 1 aliphatic carbocycles. The van der Waals surface area contributed by atoms with Gasteiger partial charge >= 0.3 is 0 Å². The first-order valence-corrected chi connectivity index (χ1v) is 6.22. The highest BCUT2D eigenvalue weighted by Crippen LogP contribution is 2.46. The van der Waals surface area contributed by atoms with E-state index in [2.05, 4.69) is 24.4 Å². The van der Waals surface area contributed by atoms with Crippen LogP contribution in [0.4, 0.5) is 0 Å². The fourth-order valence-corrected chi connectivity index (χ4v) is 3.48. The molecule has 2 aliphatic rings. The topological polar surface area (TPSA) is 15.3 Å². The number of hydrogen-bond acceptors (Lipinski definition) is 2. The maximum absolute atomic E-state index is 3.34. The summed E-state index contributed by atoms with van der Waals surface area (Å²) in [6.07, 6.45) is 10.2. The molecule has 1 heterocycles. The SMILES string of the molecule is CNN1CCC2(CCCCCC2)C1C. The van der Waals surface area contributed by atoms with E-state index in [-0.39, 0.29) is 0 Å². The van der Waals surface area contributed by atoms with Gasteiger partial charge in [0.05, 0.1) is 0 Å². The highest BCUT2D eigenvalue weighted by molar-refractivity contribution is 4.95. The Bertz CT molecular complexity index is 183. The van der Waals surface area contributed by atoms with Gasteiger partial charge in [0.25, 0.3) is 0 Å². The third kappa shape index (κ3) is 1.70. The van der Waals surface area contributed by atoms with Crippen LogP contribution in [0.2, 0.25) is 0 Å². The Hall–Kier alpha value is -0.0800. The van der Waals surface area contributed by atoms with Crippen LogP contribution >= 0.6 is 0 Å². The Morgan fingerprint density at radius 2 is 1.71 bits per heavy atom. The van der Waals surface area contributed by atoms with E-state index in [1.54, 1.807) is 0 Å². The quantitative estimate of drug-likeness (QED) is 0.693. The van der Waals surface area contributed by atoms with Gasteiger partial charge in [-0.1, -0.05) is 25.7 Å². The molecular formula is C12H24N2. The van der Waals surface area contributed by atoms with Crippen molar-refractivity contribution in [1.82, 2.24) is 10.4 Å². The van der Waals surface area contributed by atoms with Crippen molar-refractivity contribution in [3.05, 3.63) is 0 Å². The average molecular weight is 196 g/mol. The second kappa shape index (κ2) is 4.19. The van der Waals surface area contributed by atoms with Gasteiger partial charge in [-0.25, -0.2) is 5.01 Å². The van der Waals surface area contributed by atoms with Crippen LogP contribution in [-0.2, 0) is 0 Å². The van der Waals surface area contributed by atoms with Crippen LogP contribution in [0.15, 0.2) is 0 Å². The van der Waals surface area contributed by atoms with E-state index in [4.69, 9.17) is 0 Å². The molecule has 0 aromatic heterocycles. The van der Waals surface area contributed by atoms with Crippen molar-refractivity contribution in [3.63, 3.8) is 0 Å². The summed E-state index contributed by atoms with van der Waals surface area (Å²) in [6, 6.07) is 0.741. The molecule has 0 aromatic carbocycles. The van der Waals surface area contributed by atoms with Crippen molar-refractivity contribution in [2.24, 2.45) is 5.41 Å². The minimum absolute atomic E-state index is 0.652. The first-order valence-electron chi connectivity index (χ1n) is 6.22. The van der Waals surface area contributed by atoms with Crippen LogP contribution in [0.3, 0.4) is 0 Å². The van der Waals surface area contributed by atoms with E-state index in [1.807, 2.05) is 0 Å². The van der Waals surface area contributed by atoms with Crippen molar-refractivity contribution in [2.75, 3.05) is 13.6 Å². The van der Waals surface area contributed by atoms with Gasteiger partial charge < -0.3 is 0 Å². The zero-order valence-corrected chi connectivity index (χ0v) is 9.68.